The Hall–Kier alpha value is -1.06. The second-order valence-corrected chi connectivity index (χ2v) is 5.83. The molecule has 1 aromatic carbocycles. The number of rotatable bonds is 8. The van der Waals surface area contributed by atoms with Gasteiger partial charge in [-0.3, -0.25) is 0 Å². The third kappa shape index (κ3) is 4.22. The summed E-state index contributed by atoms with van der Waals surface area (Å²) in [6.45, 7) is 7.96. The second kappa shape index (κ2) is 8.28. The van der Waals surface area contributed by atoms with E-state index in [-0.39, 0.29) is 0 Å². The minimum atomic E-state index is 0.407. The largest absolute Gasteiger partial charge is 0.496 e. The molecule has 0 aliphatic carbocycles. The van der Waals surface area contributed by atoms with Crippen molar-refractivity contribution in [1.29, 1.82) is 0 Å². The minimum absolute atomic E-state index is 0.407. The molecule has 3 heteroatoms. The molecule has 0 radical (unpaired) electrons. The lowest BCUT2D eigenvalue weighted by atomic mass is 9.85. The molecular formula is C17H30N2O. The van der Waals surface area contributed by atoms with Gasteiger partial charge in [-0.2, -0.15) is 0 Å². The van der Waals surface area contributed by atoms with Crippen LogP contribution in [0.15, 0.2) is 18.2 Å². The number of hydrogen-bond donors (Lipinski definition) is 2. The van der Waals surface area contributed by atoms with Crippen LogP contribution >= 0.6 is 0 Å². The maximum absolute atomic E-state index is 5.79. The Morgan fingerprint density at radius 1 is 1.15 bits per heavy atom. The van der Waals surface area contributed by atoms with E-state index in [0.717, 1.165) is 18.6 Å². The Bertz CT molecular complexity index is 400. The smallest absolute Gasteiger partial charge is 0.122 e. The third-order valence-corrected chi connectivity index (χ3v) is 4.12. The number of benzene rings is 1. The third-order valence-electron chi connectivity index (χ3n) is 4.12. The molecule has 3 nitrogen and oxygen atoms in total. The van der Waals surface area contributed by atoms with Crippen molar-refractivity contribution in [3.8, 4) is 5.75 Å². The standard InChI is InChI=1S/C17H30N2O/c1-5-14(8-13(10-18)11-19)15-6-7-17(20-4)16(9-15)12(2)3/h6-7,9,12-14H,5,8,10-11,18-19H2,1-4H3. The van der Waals surface area contributed by atoms with Crippen LogP contribution in [0.4, 0.5) is 0 Å². The molecule has 0 aromatic heterocycles. The fraction of sp³-hybridized carbons (Fsp3) is 0.647. The molecule has 0 bridgehead atoms. The van der Waals surface area contributed by atoms with Gasteiger partial charge < -0.3 is 16.2 Å². The number of nitrogens with two attached hydrogens (primary N) is 2. The predicted molar refractivity (Wildman–Crippen MR) is 86.3 cm³/mol. The molecule has 1 atom stereocenters. The van der Waals surface area contributed by atoms with Crippen molar-refractivity contribution in [2.75, 3.05) is 20.2 Å². The molecule has 0 amide bonds. The zero-order valence-corrected chi connectivity index (χ0v) is 13.4. The zero-order valence-electron chi connectivity index (χ0n) is 13.4. The zero-order chi connectivity index (χ0) is 15.1. The second-order valence-electron chi connectivity index (χ2n) is 5.83. The topological polar surface area (TPSA) is 61.3 Å². The van der Waals surface area contributed by atoms with Gasteiger partial charge in [0.05, 0.1) is 7.11 Å². The lowest BCUT2D eigenvalue weighted by Gasteiger charge is -2.23. The minimum Gasteiger partial charge on any atom is -0.496 e. The molecule has 20 heavy (non-hydrogen) atoms. The van der Waals surface area contributed by atoms with Crippen molar-refractivity contribution < 1.29 is 4.74 Å². The van der Waals surface area contributed by atoms with E-state index in [0.29, 0.717) is 30.8 Å². The molecule has 1 unspecified atom stereocenters. The first-order valence-corrected chi connectivity index (χ1v) is 7.65. The molecule has 4 N–H and O–H groups in total. The summed E-state index contributed by atoms with van der Waals surface area (Å²) in [6.07, 6.45) is 2.17. The number of ether oxygens (including phenoxy) is 1. The van der Waals surface area contributed by atoms with Crippen molar-refractivity contribution in [3.05, 3.63) is 29.3 Å². The van der Waals surface area contributed by atoms with Gasteiger partial charge in [0, 0.05) is 0 Å². The van der Waals surface area contributed by atoms with Crippen LogP contribution in [0.1, 0.15) is 56.6 Å². The monoisotopic (exact) mass is 278 g/mol. The van der Waals surface area contributed by atoms with Crippen molar-refractivity contribution in [2.45, 2.75) is 45.4 Å². The highest BCUT2D eigenvalue weighted by Gasteiger charge is 2.17. The summed E-state index contributed by atoms with van der Waals surface area (Å²) in [6, 6.07) is 6.57. The Morgan fingerprint density at radius 2 is 1.80 bits per heavy atom. The summed E-state index contributed by atoms with van der Waals surface area (Å²) < 4.78 is 5.46. The highest BCUT2D eigenvalue weighted by Crippen LogP contribution is 2.33. The Morgan fingerprint density at radius 3 is 2.25 bits per heavy atom. The Balaban J connectivity index is 3.00. The normalized spacial score (nSPS) is 13.0. The van der Waals surface area contributed by atoms with Gasteiger partial charge in [0.1, 0.15) is 5.75 Å². The van der Waals surface area contributed by atoms with Crippen molar-refractivity contribution in [2.24, 2.45) is 17.4 Å². The van der Waals surface area contributed by atoms with Crippen LogP contribution < -0.4 is 16.2 Å². The van der Waals surface area contributed by atoms with Crippen molar-refractivity contribution in [3.63, 3.8) is 0 Å². The first-order valence-electron chi connectivity index (χ1n) is 7.65. The van der Waals surface area contributed by atoms with Gasteiger partial charge in [0.2, 0.25) is 0 Å². The molecule has 0 aliphatic rings. The number of methoxy groups -OCH3 is 1. The molecule has 0 fully saturated rings. The summed E-state index contributed by atoms with van der Waals surface area (Å²) >= 11 is 0. The van der Waals surface area contributed by atoms with Gasteiger partial charge in [-0.05, 0) is 60.9 Å². The summed E-state index contributed by atoms with van der Waals surface area (Å²) in [4.78, 5) is 0. The SMILES string of the molecule is CCC(CC(CN)CN)c1ccc(OC)c(C(C)C)c1. The van der Waals surface area contributed by atoms with E-state index in [4.69, 9.17) is 16.2 Å². The summed E-state index contributed by atoms with van der Waals surface area (Å²) in [5.41, 5.74) is 14.2. The first kappa shape index (κ1) is 17.0. The highest BCUT2D eigenvalue weighted by molar-refractivity contribution is 5.40. The molecule has 0 aliphatic heterocycles. The van der Waals surface area contributed by atoms with Crippen LogP contribution in [-0.4, -0.2) is 20.2 Å². The summed E-state index contributed by atoms with van der Waals surface area (Å²) in [5.74, 6) is 2.37. The molecule has 0 spiro atoms. The van der Waals surface area contributed by atoms with Crippen LogP contribution in [0, 0.1) is 5.92 Å². The van der Waals surface area contributed by atoms with E-state index in [9.17, 15) is 0 Å². The van der Waals surface area contributed by atoms with Crippen LogP contribution in [-0.2, 0) is 0 Å². The summed E-state index contributed by atoms with van der Waals surface area (Å²) in [5, 5.41) is 0. The van der Waals surface area contributed by atoms with Gasteiger partial charge in [-0.15, -0.1) is 0 Å². The lowest BCUT2D eigenvalue weighted by Crippen LogP contribution is -2.25. The van der Waals surface area contributed by atoms with E-state index in [2.05, 4.69) is 39.0 Å². The van der Waals surface area contributed by atoms with E-state index < -0.39 is 0 Å². The van der Waals surface area contributed by atoms with Crippen molar-refractivity contribution in [1.82, 2.24) is 0 Å². The quantitative estimate of drug-likeness (QED) is 0.767. The Labute approximate surface area is 123 Å². The van der Waals surface area contributed by atoms with Crippen molar-refractivity contribution >= 4 is 0 Å². The van der Waals surface area contributed by atoms with Crippen LogP contribution in [0.3, 0.4) is 0 Å². The van der Waals surface area contributed by atoms with Gasteiger partial charge in [-0.1, -0.05) is 32.9 Å². The lowest BCUT2D eigenvalue weighted by molar-refractivity contribution is 0.406. The average molecular weight is 278 g/mol. The molecule has 1 aromatic rings. The molecular weight excluding hydrogens is 248 g/mol. The average Bonchev–Trinajstić information content (AvgIpc) is 2.48. The van der Waals surface area contributed by atoms with E-state index in [1.165, 1.54) is 11.1 Å². The maximum Gasteiger partial charge on any atom is 0.122 e. The summed E-state index contributed by atoms with van der Waals surface area (Å²) in [7, 11) is 1.73. The predicted octanol–water partition coefficient (Wildman–Crippen LogP) is 3.24. The van der Waals surface area contributed by atoms with Crippen LogP contribution in [0.2, 0.25) is 0 Å². The fourth-order valence-corrected chi connectivity index (χ4v) is 2.69. The molecule has 0 saturated heterocycles. The fourth-order valence-electron chi connectivity index (χ4n) is 2.69. The van der Waals surface area contributed by atoms with E-state index in [1.54, 1.807) is 7.11 Å². The van der Waals surface area contributed by atoms with Crippen LogP contribution in [0.25, 0.3) is 0 Å². The van der Waals surface area contributed by atoms with Gasteiger partial charge in [0.25, 0.3) is 0 Å². The first-order chi connectivity index (χ1) is 9.57. The molecule has 0 saturated carbocycles. The van der Waals surface area contributed by atoms with Gasteiger partial charge >= 0.3 is 0 Å². The van der Waals surface area contributed by atoms with Gasteiger partial charge in [0.15, 0.2) is 0 Å². The molecule has 0 heterocycles. The van der Waals surface area contributed by atoms with Crippen LogP contribution in [0.5, 0.6) is 5.75 Å². The molecule has 1 rings (SSSR count). The van der Waals surface area contributed by atoms with Gasteiger partial charge in [-0.25, -0.2) is 0 Å². The molecule has 114 valence electrons. The Kier molecular flexibility index (Phi) is 7.03. The van der Waals surface area contributed by atoms with E-state index >= 15 is 0 Å². The van der Waals surface area contributed by atoms with E-state index in [1.807, 2.05) is 0 Å². The number of hydrogen-bond acceptors (Lipinski definition) is 3. The maximum atomic E-state index is 5.79. The highest BCUT2D eigenvalue weighted by atomic mass is 16.5.